The third-order valence-corrected chi connectivity index (χ3v) is 7.00. The first kappa shape index (κ1) is 23.3. The molecule has 2 N–H and O–H groups in total. The first-order valence-electron chi connectivity index (χ1n) is 10.9. The van der Waals surface area contributed by atoms with Crippen LogP contribution in [-0.4, -0.2) is 28.9 Å². The van der Waals surface area contributed by atoms with Crippen LogP contribution < -0.4 is 5.73 Å². The van der Waals surface area contributed by atoms with Gasteiger partial charge in [-0.15, -0.1) is 0 Å². The van der Waals surface area contributed by atoms with Crippen LogP contribution in [0.2, 0.25) is 0 Å². The van der Waals surface area contributed by atoms with E-state index < -0.39 is 11.1 Å². The van der Waals surface area contributed by atoms with Gasteiger partial charge in [0.05, 0.1) is 5.56 Å². The zero-order valence-corrected chi connectivity index (χ0v) is 19.2. The number of hydrogen-bond donors (Lipinski definition) is 1. The topological polar surface area (TPSA) is 107 Å². The monoisotopic (exact) mass is 471 g/mol. The maximum absolute atomic E-state index is 13.6. The van der Waals surface area contributed by atoms with E-state index in [2.05, 4.69) is 11.1 Å². The molecule has 34 heavy (non-hydrogen) atoms. The van der Waals surface area contributed by atoms with Gasteiger partial charge in [-0.2, -0.15) is 10.5 Å². The number of piperidine rings is 1. The van der Waals surface area contributed by atoms with Crippen LogP contribution in [0.5, 0.6) is 0 Å². The van der Waals surface area contributed by atoms with Crippen LogP contribution in [0, 0.1) is 28.5 Å². The molecule has 1 amide bonds. The van der Waals surface area contributed by atoms with E-state index in [0.29, 0.717) is 18.7 Å². The van der Waals surface area contributed by atoms with Gasteiger partial charge in [0.2, 0.25) is 5.91 Å². The number of nitrogens with zero attached hydrogens (tertiary/aromatic N) is 4. The van der Waals surface area contributed by atoms with Crippen molar-refractivity contribution in [3.8, 4) is 23.3 Å². The third-order valence-electron chi connectivity index (χ3n) is 5.77. The number of amides is 1. The number of nitriles is 2. The largest absolute Gasteiger partial charge is 0.383 e. The average Bonchev–Trinajstić information content (AvgIpc) is 2.88. The number of aromatic nitrogens is 1. The van der Waals surface area contributed by atoms with E-state index in [1.165, 1.54) is 24.3 Å². The highest BCUT2D eigenvalue weighted by molar-refractivity contribution is 8.00. The summed E-state index contributed by atoms with van der Waals surface area (Å²) >= 11 is 1.15. The van der Waals surface area contributed by atoms with Crippen LogP contribution in [-0.2, 0) is 4.79 Å². The molecule has 1 saturated heterocycles. The predicted molar refractivity (Wildman–Crippen MR) is 129 cm³/mol. The molecule has 0 bridgehead atoms. The Bertz CT molecular complexity index is 1280. The summed E-state index contributed by atoms with van der Waals surface area (Å²) in [5, 5.41) is 19.4. The highest BCUT2D eigenvalue weighted by Gasteiger charge is 2.31. The van der Waals surface area contributed by atoms with Gasteiger partial charge in [0.25, 0.3) is 0 Å². The van der Waals surface area contributed by atoms with Crippen molar-refractivity contribution in [2.45, 2.75) is 29.5 Å². The summed E-state index contributed by atoms with van der Waals surface area (Å²) < 4.78 is 13.5. The summed E-state index contributed by atoms with van der Waals surface area (Å²) in [6.07, 6.45) is 3.01. The molecule has 3 aromatic rings. The maximum atomic E-state index is 13.6. The molecule has 1 fully saturated rings. The Morgan fingerprint density at radius 3 is 2.26 bits per heavy atom. The Morgan fingerprint density at radius 2 is 1.65 bits per heavy atom. The predicted octanol–water partition coefficient (Wildman–Crippen LogP) is 5.06. The highest BCUT2D eigenvalue weighted by Crippen LogP contribution is 2.42. The first-order chi connectivity index (χ1) is 16.5. The Hall–Kier alpha value is -3.88. The van der Waals surface area contributed by atoms with Crippen molar-refractivity contribution in [2.75, 3.05) is 18.8 Å². The number of carbonyl (C=O) groups excluding carboxylic acids is 1. The van der Waals surface area contributed by atoms with E-state index in [1.807, 2.05) is 41.3 Å². The lowest BCUT2D eigenvalue weighted by Gasteiger charge is -2.30. The molecule has 8 heteroatoms. The van der Waals surface area contributed by atoms with Crippen LogP contribution in [0.25, 0.3) is 11.1 Å². The molecule has 2 aromatic carbocycles. The zero-order chi connectivity index (χ0) is 24.1. The molecule has 2 heterocycles. The lowest BCUT2D eigenvalue weighted by molar-refractivity contribution is -0.131. The first-order valence-corrected chi connectivity index (χ1v) is 11.8. The van der Waals surface area contributed by atoms with Crippen molar-refractivity contribution >= 4 is 23.5 Å². The standard InChI is InChI=1S/C26H22FN5OS/c27-19-11-9-17(10-12-19)22-20(15-28)24(30)31-25(21(22)16-29)34-23(18-7-3-1-4-8-18)26(33)32-13-5-2-6-14-32/h1,3-4,7-12,23H,2,5-6,13-14H2,(H2,30,31). The lowest BCUT2D eigenvalue weighted by Crippen LogP contribution is -2.38. The molecular formula is C26H22FN5OS. The minimum absolute atomic E-state index is 0.0411. The van der Waals surface area contributed by atoms with Gasteiger partial charge in [-0.1, -0.05) is 54.2 Å². The Balaban J connectivity index is 1.83. The summed E-state index contributed by atoms with van der Waals surface area (Å²) in [7, 11) is 0. The van der Waals surface area contributed by atoms with E-state index >= 15 is 0 Å². The summed E-state index contributed by atoms with van der Waals surface area (Å²) in [5.41, 5.74) is 7.87. The van der Waals surface area contributed by atoms with Gasteiger partial charge in [-0.3, -0.25) is 4.79 Å². The summed E-state index contributed by atoms with van der Waals surface area (Å²) in [6.45, 7) is 1.38. The molecule has 0 spiro atoms. The number of benzene rings is 2. The fourth-order valence-electron chi connectivity index (χ4n) is 4.07. The van der Waals surface area contributed by atoms with Crippen molar-refractivity contribution in [3.63, 3.8) is 0 Å². The Kier molecular flexibility index (Phi) is 7.10. The Labute approximate surface area is 201 Å². The zero-order valence-electron chi connectivity index (χ0n) is 18.4. The van der Waals surface area contributed by atoms with E-state index in [4.69, 9.17) is 5.73 Å². The second-order valence-corrected chi connectivity index (χ2v) is 9.05. The molecule has 4 rings (SSSR count). The second-order valence-electron chi connectivity index (χ2n) is 7.95. The molecular weight excluding hydrogens is 449 g/mol. The highest BCUT2D eigenvalue weighted by atomic mass is 32.2. The van der Waals surface area contributed by atoms with E-state index in [-0.39, 0.29) is 33.4 Å². The molecule has 1 aromatic heterocycles. The van der Waals surface area contributed by atoms with Gasteiger partial charge in [0, 0.05) is 18.7 Å². The maximum Gasteiger partial charge on any atom is 0.240 e. The Morgan fingerprint density at radius 1 is 1.00 bits per heavy atom. The van der Waals surface area contributed by atoms with E-state index in [9.17, 15) is 19.7 Å². The molecule has 170 valence electrons. The second kappa shape index (κ2) is 10.4. The van der Waals surface area contributed by atoms with Crippen LogP contribution in [0.3, 0.4) is 0 Å². The number of pyridine rings is 1. The number of thioether (sulfide) groups is 1. The number of likely N-dealkylation sites (tertiary alicyclic amines) is 1. The number of carbonyl (C=O) groups is 1. The average molecular weight is 472 g/mol. The van der Waals surface area contributed by atoms with Gasteiger partial charge >= 0.3 is 0 Å². The van der Waals surface area contributed by atoms with Gasteiger partial charge in [0.15, 0.2) is 0 Å². The van der Waals surface area contributed by atoms with Gasteiger partial charge < -0.3 is 10.6 Å². The SMILES string of the molecule is N#Cc1c(N)nc(SC(C(=O)N2CCCCC2)c2ccccc2)c(C#N)c1-c1ccc(F)cc1. The van der Waals surface area contributed by atoms with E-state index in [0.717, 1.165) is 36.6 Å². The molecule has 0 radical (unpaired) electrons. The van der Waals surface area contributed by atoms with Crippen LogP contribution in [0.15, 0.2) is 59.6 Å². The van der Waals surface area contributed by atoms with Crippen LogP contribution >= 0.6 is 11.8 Å². The van der Waals surface area contributed by atoms with Crippen LogP contribution in [0.4, 0.5) is 10.2 Å². The number of nitrogen functional groups attached to an aromatic ring is 1. The summed E-state index contributed by atoms with van der Waals surface area (Å²) in [4.78, 5) is 19.8. The van der Waals surface area contributed by atoms with E-state index in [1.54, 1.807) is 0 Å². The van der Waals surface area contributed by atoms with Gasteiger partial charge in [0.1, 0.15) is 39.6 Å². The van der Waals surface area contributed by atoms with Crippen molar-refractivity contribution in [1.29, 1.82) is 10.5 Å². The molecule has 1 aliphatic rings. The number of hydrogen-bond acceptors (Lipinski definition) is 6. The number of nitrogens with two attached hydrogens (primary N) is 1. The fourth-order valence-corrected chi connectivity index (χ4v) is 5.25. The lowest BCUT2D eigenvalue weighted by atomic mass is 9.97. The third kappa shape index (κ3) is 4.73. The number of rotatable bonds is 5. The molecule has 6 nitrogen and oxygen atoms in total. The summed E-state index contributed by atoms with van der Waals surface area (Å²) in [5.74, 6) is -0.526. The summed E-state index contributed by atoms with van der Waals surface area (Å²) in [6, 6.07) is 19.0. The minimum atomic E-state index is -0.632. The number of anilines is 1. The molecule has 0 aliphatic carbocycles. The molecule has 0 saturated carbocycles. The quantitative estimate of drug-likeness (QED) is 0.521. The smallest absolute Gasteiger partial charge is 0.240 e. The molecule has 1 unspecified atom stereocenters. The van der Waals surface area contributed by atoms with Crippen LogP contribution in [0.1, 0.15) is 41.2 Å². The molecule has 1 atom stereocenters. The van der Waals surface area contributed by atoms with Crippen molar-refractivity contribution in [1.82, 2.24) is 9.88 Å². The van der Waals surface area contributed by atoms with Gasteiger partial charge in [-0.25, -0.2) is 9.37 Å². The molecule has 1 aliphatic heterocycles. The fraction of sp³-hybridized carbons (Fsp3) is 0.231. The van der Waals surface area contributed by atoms with Crippen molar-refractivity contribution < 1.29 is 9.18 Å². The van der Waals surface area contributed by atoms with Gasteiger partial charge in [-0.05, 0) is 42.5 Å². The van der Waals surface area contributed by atoms with Crippen molar-refractivity contribution in [2.24, 2.45) is 0 Å². The minimum Gasteiger partial charge on any atom is -0.383 e. The number of halogens is 1. The normalized spacial score (nSPS) is 14.1. The van der Waals surface area contributed by atoms with Crippen molar-refractivity contribution in [3.05, 3.63) is 77.1 Å².